The van der Waals surface area contributed by atoms with Crippen LogP contribution in [-0.2, 0) is 0 Å². The highest BCUT2D eigenvalue weighted by Crippen LogP contribution is 2.66. The third-order valence-electron chi connectivity index (χ3n) is 13.2. The normalized spacial score (nSPS) is 12.5. The van der Waals surface area contributed by atoms with Gasteiger partial charge in [-0.15, -0.1) is 9.24 Å². The minimum Gasteiger partial charge on any atom is -0.398 e. The van der Waals surface area contributed by atoms with E-state index in [1.807, 2.05) is 13.8 Å². The van der Waals surface area contributed by atoms with Crippen molar-refractivity contribution in [3.05, 3.63) is 23.3 Å². The molecule has 0 radical (unpaired) electrons. The molecule has 1 atom stereocenters. The number of nitrogens with two attached hydrogens (primary N) is 16. The summed E-state index contributed by atoms with van der Waals surface area (Å²) in [7, 11) is 2.65. The fraction of sp³-hybridized carbons (Fsp3) is 0.0476. The molecule has 0 aliphatic heterocycles. The minimum atomic E-state index is 0.105. The van der Waals surface area contributed by atoms with Crippen LogP contribution in [0.2, 0.25) is 0 Å². The molecule has 1 unspecified atom stereocenters. The van der Waals surface area contributed by atoms with Gasteiger partial charge in [-0.05, 0) is 30.4 Å². The Morgan fingerprint density at radius 2 is 0.610 bits per heavy atom. The molecular formula is C42H43N16P. The van der Waals surface area contributed by atoms with Crippen molar-refractivity contribution in [1.29, 1.82) is 0 Å². The number of nitrogen functional groups attached to an aromatic ring is 16. The van der Waals surface area contributed by atoms with Crippen molar-refractivity contribution in [2.24, 2.45) is 0 Å². The van der Waals surface area contributed by atoms with Gasteiger partial charge in [-0.2, -0.15) is 0 Å². The van der Waals surface area contributed by atoms with Gasteiger partial charge in [-0.25, -0.2) is 0 Å². The number of rotatable bonds is 1. The van der Waals surface area contributed by atoms with Crippen LogP contribution in [-0.4, -0.2) is 0 Å². The number of anilines is 16. The van der Waals surface area contributed by atoms with Crippen LogP contribution >= 0.6 is 9.24 Å². The first-order valence-electron chi connectivity index (χ1n) is 18.4. The van der Waals surface area contributed by atoms with Gasteiger partial charge in [-0.3, -0.25) is 0 Å². The molecule has 8 aromatic rings. The number of benzene rings is 8. The molecule has 0 fully saturated rings. The zero-order valence-corrected chi connectivity index (χ0v) is 33.3. The summed E-state index contributed by atoms with van der Waals surface area (Å²) in [5, 5.41) is 5.46. The van der Waals surface area contributed by atoms with Crippen LogP contribution in [0.15, 0.2) is 6.58 Å². The molecule has 0 saturated heterocycles. The maximum absolute atomic E-state index is 7.42. The molecule has 2 aliphatic carbocycles. The van der Waals surface area contributed by atoms with Crippen molar-refractivity contribution in [2.75, 3.05) is 91.7 Å². The summed E-state index contributed by atoms with van der Waals surface area (Å²) < 4.78 is 0. The molecule has 296 valence electrons. The molecular weight excluding hydrogens is 760 g/mol. The quantitative estimate of drug-likeness (QED) is 0.0347. The van der Waals surface area contributed by atoms with E-state index >= 15 is 0 Å². The second-order valence-electron chi connectivity index (χ2n) is 15.7. The highest BCUT2D eigenvalue weighted by Gasteiger charge is 2.39. The zero-order valence-electron chi connectivity index (χ0n) is 32.1. The average molecular weight is 803 g/mol. The Labute approximate surface area is 337 Å². The van der Waals surface area contributed by atoms with Gasteiger partial charge in [0.25, 0.3) is 0 Å². The first kappa shape index (κ1) is 35.4. The van der Waals surface area contributed by atoms with Gasteiger partial charge in [0.1, 0.15) is 0 Å². The van der Waals surface area contributed by atoms with Gasteiger partial charge < -0.3 is 91.7 Å². The Kier molecular flexibility index (Phi) is 6.31. The Morgan fingerprint density at radius 1 is 0.288 bits per heavy atom. The molecule has 0 aromatic heterocycles. The van der Waals surface area contributed by atoms with E-state index in [0.717, 1.165) is 21.9 Å². The predicted octanol–water partition coefficient (Wildman–Crippen LogP) is 4.82. The summed E-state index contributed by atoms with van der Waals surface area (Å²) in [6.07, 6.45) is 1.60. The first-order valence-corrected chi connectivity index (χ1v) is 18.9. The molecule has 0 bridgehead atoms. The van der Waals surface area contributed by atoms with Crippen molar-refractivity contribution in [2.45, 2.75) is 13.8 Å². The van der Waals surface area contributed by atoms with Crippen molar-refractivity contribution in [3.8, 4) is 44.5 Å². The standard InChI is InChI=1S/C42H43N16P/c1-4-7-9-12(21-24(28(7)45)32(49)20-19(30(21)47)16-11-22(20)42(59)41(58)39(56)23(11)38(55)40(57)36(16)53)35(52)37(54)25-13(9)29(46)17-14-10-8(5(2)26(43)33(14)50)6(3)27(44)34(51)15(10)18(17)31(25)48/h4H,1,43-59H2,2-3H3. The SMILES string of the molecule is C=Cc1c(N)c2c(N)c3c(c(N)c2c2c(N)c(N)c4c(N)c5c(c(N)c4c12)-c1c(N)c(N)c(C)c2c(C)c(N)c(N)c-5c12)-c1c(N)c(N)c(N)c2c(N)c(N)c(P)c-3c12. The second-order valence-corrected chi connectivity index (χ2v) is 16.2. The number of fused-ring (bicyclic) bond motifs is 11. The lowest BCUT2D eigenvalue weighted by molar-refractivity contribution is 1.47. The van der Waals surface area contributed by atoms with Crippen LogP contribution in [0, 0.1) is 13.8 Å². The smallest absolute Gasteiger partial charge is 0.0795 e. The molecule has 10 rings (SSSR count). The average Bonchev–Trinajstić information content (AvgIpc) is 3.75. The molecule has 32 N–H and O–H groups in total. The highest BCUT2D eigenvalue weighted by atomic mass is 31.0. The monoisotopic (exact) mass is 802 g/mol. The molecule has 8 aromatic carbocycles. The summed E-state index contributed by atoms with van der Waals surface area (Å²) >= 11 is 0. The van der Waals surface area contributed by atoms with E-state index in [1.165, 1.54) is 0 Å². The van der Waals surface area contributed by atoms with Crippen molar-refractivity contribution in [1.82, 2.24) is 0 Å². The third kappa shape index (κ3) is 3.48. The molecule has 0 amide bonds. The summed E-state index contributed by atoms with van der Waals surface area (Å²) in [6.45, 7) is 7.94. The van der Waals surface area contributed by atoms with Gasteiger partial charge >= 0.3 is 0 Å². The third-order valence-corrected chi connectivity index (χ3v) is 13.8. The van der Waals surface area contributed by atoms with Crippen LogP contribution in [0.3, 0.4) is 0 Å². The highest BCUT2D eigenvalue weighted by molar-refractivity contribution is 7.28. The molecule has 16 nitrogen and oxygen atoms in total. The largest absolute Gasteiger partial charge is 0.398 e. The lowest BCUT2D eigenvalue weighted by Gasteiger charge is -2.25. The predicted molar refractivity (Wildman–Crippen MR) is 262 cm³/mol. The maximum atomic E-state index is 7.42. The summed E-state index contributed by atoms with van der Waals surface area (Å²) in [5.74, 6) is 0. The Morgan fingerprint density at radius 3 is 1.10 bits per heavy atom. The van der Waals surface area contributed by atoms with Gasteiger partial charge in [0, 0.05) is 121 Å². The Hall–Kier alpha value is -7.97. The van der Waals surface area contributed by atoms with E-state index in [0.29, 0.717) is 121 Å². The lowest BCUT2D eigenvalue weighted by atomic mass is 9.82. The van der Waals surface area contributed by atoms with E-state index in [2.05, 4.69) is 15.8 Å². The van der Waals surface area contributed by atoms with Gasteiger partial charge in [-0.1, -0.05) is 12.7 Å². The maximum Gasteiger partial charge on any atom is 0.0795 e. The van der Waals surface area contributed by atoms with Crippen LogP contribution in [0.25, 0.3) is 104 Å². The Balaban J connectivity index is 1.49. The van der Waals surface area contributed by atoms with Crippen molar-refractivity contribution >= 4 is 165 Å². The Bertz CT molecular complexity index is 3510. The van der Waals surface area contributed by atoms with Gasteiger partial charge in [0.05, 0.1) is 73.9 Å². The van der Waals surface area contributed by atoms with Crippen LogP contribution < -0.4 is 97.0 Å². The van der Waals surface area contributed by atoms with Crippen LogP contribution in [0.1, 0.15) is 16.7 Å². The van der Waals surface area contributed by atoms with E-state index in [-0.39, 0.29) is 68.2 Å². The number of hydrogen-bond acceptors (Lipinski definition) is 16. The topological polar surface area (TPSA) is 416 Å². The summed E-state index contributed by atoms with van der Waals surface area (Å²) in [6, 6.07) is 0. The molecule has 0 saturated carbocycles. The molecule has 2 aliphatic rings. The van der Waals surface area contributed by atoms with Gasteiger partial charge in [0.15, 0.2) is 0 Å². The molecule has 17 heteroatoms. The van der Waals surface area contributed by atoms with E-state index in [9.17, 15) is 0 Å². The fourth-order valence-electron chi connectivity index (χ4n) is 10.4. The second kappa shape index (κ2) is 10.5. The molecule has 0 spiro atoms. The van der Waals surface area contributed by atoms with Crippen LogP contribution in [0.5, 0.6) is 0 Å². The first-order chi connectivity index (χ1) is 27.8. The van der Waals surface area contributed by atoms with Crippen molar-refractivity contribution in [3.63, 3.8) is 0 Å². The summed E-state index contributed by atoms with van der Waals surface area (Å²) in [5.41, 5.74) is 121. The van der Waals surface area contributed by atoms with E-state index < -0.39 is 0 Å². The number of hydrogen-bond donors (Lipinski definition) is 16. The van der Waals surface area contributed by atoms with Crippen LogP contribution in [0.4, 0.5) is 91.0 Å². The minimum absolute atomic E-state index is 0.105. The lowest BCUT2D eigenvalue weighted by Crippen LogP contribution is -2.12. The molecule has 0 heterocycles. The molecule has 59 heavy (non-hydrogen) atoms. The number of aryl methyl sites for hydroxylation is 2. The zero-order chi connectivity index (χ0) is 42.6. The van der Waals surface area contributed by atoms with Gasteiger partial charge in [0.2, 0.25) is 0 Å². The fourth-order valence-corrected chi connectivity index (χ4v) is 10.8. The van der Waals surface area contributed by atoms with E-state index in [4.69, 9.17) is 91.7 Å². The summed E-state index contributed by atoms with van der Waals surface area (Å²) in [4.78, 5) is 0. The van der Waals surface area contributed by atoms with Crippen molar-refractivity contribution < 1.29 is 0 Å². The van der Waals surface area contributed by atoms with E-state index in [1.54, 1.807) is 6.08 Å².